The second-order valence-electron chi connectivity index (χ2n) is 4.75. The van der Waals surface area contributed by atoms with Crippen molar-refractivity contribution >= 4 is 6.21 Å². The first-order valence-corrected chi connectivity index (χ1v) is 5.63. The molecule has 0 heterocycles. The minimum atomic E-state index is -0.0246. The van der Waals surface area contributed by atoms with E-state index in [1.807, 2.05) is 27.0 Å². The molecule has 90 valence electrons. The Morgan fingerprint density at radius 1 is 1.20 bits per heavy atom. The van der Waals surface area contributed by atoms with Gasteiger partial charge in [0, 0.05) is 12.8 Å². The Hall–Kier alpha value is -0.410. The van der Waals surface area contributed by atoms with Crippen LogP contribution in [0.3, 0.4) is 0 Å². The monoisotopic (exact) mass is 215 g/mol. The smallest absolute Gasteiger partial charge is 0.0895 e. The summed E-state index contributed by atoms with van der Waals surface area (Å²) in [5.41, 5.74) is -0.0246. The number of hydrogen-bond donors (Lipinski definition) is 0. The first kappa shape index (κ1) is 14.6. The lowest BCUT2D eigenvalue weighted by Gasteiger charge is -2.16. The van der Waals surface area contributed by atoms with Crippen molar-refractivity contribution in [3.63, 3.8) is 0 Å². The lowest BCUT2D eigenvalue weighted by Crippen LogP contribution is -2.22. The van der Waals surface area contributed by atoms with E-state index in [4.69, 9.17) is 9.47 Å². The molecule has 0 amide bonds. The van der Waals surface area contributed by atoms with E-state index in [-0.39, 0.29) is 17.7 Å². The summed E-state index contributed by atoms with van der Waals surface area (Å²) in [5, 5.41) is 0. The summed E-state index contributed by atoms with van der Waals surface area (Å²) in [5.74, 6) is 0. The van der Waals surface area contributed by atoms with Crippen LogP contribution >= 0.6 is 0 Å². The van der Waals surface area contributed by atoms with Gasteiger partial charge in [0.2, 0.25) is 0 Å². The van der Waals surface area contributed by atoms with Crippen molar-refractivity contribution in [1.29, 1.82) is 0 Å². The molecule has 0 saturated carbocycles. The molecule has 0 radical (unpaired) electrons. The second kappa shape index (κ2) is 6.96. The maximum absolute atomic E-state index is 5.58. The van der Waals surface area contributed by atoms with E-state index in [0.717, 1.165) is 6.61 Å². The van der Waals surface area contributed by atoms with Gasteiger partial charge in [0.05, 0.1) is 24.4 Å². The number of aliphatic imine (C=N–C) groups is 1. The molecule has 0 aliphatic heterocycles. The molecule has 2 unspecified atom stereocenters. The Morgan fingerprint density at radius 3 is 2.27 bits per heavy atom. The predicted octanol–water partition coefficient (Wildman–Crippen LogP) is 2.69. The summed E-state index contributed by atoms with van der Waals surface area (Å²) in [6.45, 7) is 13.5. The fourth-order valence-corrected chi connectivity index (χ4v) is 0.992. The lowest BCUT2D eigenvalue weighted by molar-refractivity contribution is -0.00960. The highest BCUT2D eigenvalue weighted by Gasteiger charge is 2.08. The zero-order valence-electron chi connectivity index (χ0n) is 10.9. The zero-order valence-corrected chi connectivity index (χ0v) is 10.9. The number of rotatable bonds is 6. The largest absolute Gasteiger partial charge is 0.376 e. The third-order valence-electron chi connectivity index (χ3n) is 1.72. The van der Waals surface area contributed by atoms with Crippen LogP contribution in [0.4, 0.5) is 0 Å². The molecule has 0 N–H and O–H groups in total. The summed E-state index contributed by atoms with van der Waals surface area (Å²) in [6, 6.07) is 0. The Labute approximate surface area is 93.9 Å². The van der Waals surface area contributed by atoms with E-state index >= 15 is 0 Å². The molecule has 0 bridgehead atoms. The summed E-state index contributed by atoms with van der Waals surface area (Å²) in [7, 11) is 0. The Bertz CT molecular complexity index is 185. The first-order chi connectivity index (χ1) is 6.85. The average Bonchev–Trinajstić information content (AvgIpc) is 2.11. The normalized spacial score (nSPS) is 16.9. The van der Waals surface area contributed by atoms with Gasteiger partial charge in [-0.1, -0.05) is 0 Å². The minimum absolute atomic E-state index is 0.0246. The molecule has 0 aromatic heterocycles. The molecule has 0 aliphatic carbocycles. The Balaban J connectivity index is 3.75. The van der Waals surface area contributed by atoms with Crippen molar-refractivity contribution in [3.05, 3.63) is 0 Å². The summed E-state index contributed by atoms with van der Waals surface area (Å²) >= 11 is 0. The fraction of sp³-hybridized carbons (Fsp3) is 0.917. The van der Waals surface area contributed by atoms with Crippen molar-refractivity contribution in [2.24, 2.45) is 4.99 Å². The molecule has 0 saturated heterocycles. The van der Waals surface area contributed by atoms with Crippen LogP contribution in [0, 0.1) is 0 Å². The lowest BCUT2D eigenvalue weighted by atomic mass is 10.1. The average molecular weight is 215 g/mol. The molecule has 0 spiro atoms. The predicted molar refractivity (Wildman–Crippen MR) is 64.7 cm³/mol. The van der Waals surface area contributed by atoms with E-state index in [2.05, 4.69) is 25.8 Å². The molecule has 0 aromatic rings. The van der Waals surface area contributed by atoms with E-state index in [1.54, 1.807) is 0 Å². The molecular formula is C12H25NO2. The Kier molecular flexibility index (Phi) is 6.77. The quantitative estimate of drug-likeness (QED) is 0.638. The van der Waals surface area contributed by atoms with Crippen molar-refractivity contribution < 1.29 is 9.47 Å². The van der Waals surface area contributed by atoms with Crippen LogP contribution in [0.1, 0.15) is 41.5 Å². The van der Waals surface area contributed by atoms with Crippen LogP contribution in [-0.4, -0.2) is 37.2 Å². The van der Waals surface area contributed by atoms with Crippen LogP contribution in [0.15, 0.2) is 4.99 Å². The zero-order chi connectivity index (χ0) is 11.9. The molecule has 3 nitrogen and oxygen atoms in total. The van der Waals surface area contributed by atoms with Crippen molar-refractivity contribution in [1.82, 2.24) is 0 Å². The van der Waals surface area contributed by atoms with Gasteiger partial charge in [-0.25, -0.2) is 0 Å². The highest BCUT2D eigenvalue weighted by Crippen LogP contribution is 2.05. The SMILES string of the molecule is CCOC(C)COC(C)/C=N/C(C)(C)C. The standard InChI is InChI=1S/C12H25NO2/c1-7-14-11(3)9-15-10(2)8-13-12(4,5)6/h8,10-11H,7,9H2,1-6H3/b13-8+. The molecule has 0 aromatic carbocycles. The van der Waals surface area contributed by atoms with Gasteiger partial charge < -0.3 is 9.47 Å². The van der Waals surface area contributed by atoms with Gasteiger partial charge in [-0.3, -0.25) is 4.99 Å². The molecule has 0 rings (SSSR count). The van der Waals surface area contributed by atoms with Gasteiger partial charge in [-0.2, -0.15) is 0 Å². The molecule has 3 heteroatoms. The van der Waals surface area contributed by atoms with E-state index in [1.165, 1.54) is 0 Å². The third-order valence-corrected chi connectivity index (χ3v) is 1.72. The van der Waals surface area contributed by atoms with Crippen molar-refractivity contribution in [3.8, 4) is 0 Å². The van der Waals surface area contributed by atoms with E-state index < -0.39 is 0 Å². The minimum Gasteiger partial charge on any atom is -0.376 e. The van der Waals surface area contributed by atoms with Gasteiger partial charge >= 0.3 is 0 Å². The number of nitrogens with zero attached hydrogens (tertiary/aromatic N) is 1. The van der Waals surface area contributed by atoms with Gasteiger partial charge in [-0.15, -0.1) is 0 Å². The van der Waals surface area contributed by atoms with Gasteiger partial charge in [0.25, 0.3) is 0 Å². The van der Waals surface area contributed by atoms with Crippen molar-refractivity contribution in [2.45, 2.75) is 59.3 Å². The van der Waals surface area contributed by atoms with Gasteiger partial charge in [0.15, 0.2) is 0 Å². The summed E-state index contributed by atoms with van der Waals surface area (Å²) in [4.78, 5) is 4.39. The molecule has 2 atom stereocenters. The maximum Gasteiger partial charge on any atom is 0.0895 e. The highest BCUT2D eigenvalue weighted by atomic mass is 16.5. The molecule has 0 aliphatic rings. The fourth-order valence-electron chi connectivity index (χ4n) is 0.992. The van der Waals surface area contributed by atoms with E-state index in [9.17, 15) is 0 Å². The molecular weight excluding hydrogens is 190 g/mol. The first-order valence-electron chi connectivity index (χ1n) is 5.63. The second-order valence-corrected chi connectivity index (χ2v) is 4.75. The van der Waals surface area contributed by atoms with Crippen LogP contribution in [0.2, 0.25) is 0 Å². The van der Waals surface area contributed by atoms with Crippen molar-refractivity contribution in [2.75, 3.05) is 13.2 Å². The van der Waals surface area contributed by atoms with Gasteiger partial charge in [-0.05, 0) is 41.5 Å². The summed E-state index contributed by atoms with van der Waals surface area (Å²) in [6.07, 6.45) is 2.06. The van der Waals surface area contributed by atoms with E-state index in [0.29, 0.717) is 6.61 Å². The number of hydrogen-bond acceptors (Lipinski definition) is 3. The van der Waals surface area contributed by atoms with Crippen LogP contribution in [0.25, 0.3) is 0 Å². The van der Waals surface area contributed by atoms with Gasteiger partial charge in [0.1, 0.15) is 0 Å². The Morgan fingerprint density at radius 2 is 1.80 bits per heavy atom. The summed E-state index contributed by atoms with van der Waals surface area (Å²) < 4.78 is 10.9. The molecule has 0 fully saturated rings. The third kappa shape index (κ3) is 9.88. The molecule has 15 heavy (non-hydrogen) atoms. The van der Waals surface area contributed by atoms with Crippen LogP contribution in [0.5, 0.6) is 0 Å². The maximum atomic E-state index is 5.58. The number of ether oxygens (including phenoxy) is 2. The van der Waals surface area contributed by atoms with Crippen LogP contribution < -0.4 is 0 Å². The topological polar surface area (TPSA) is 30.8 Å². The van der Waals surface area contributed by atoms with Crippen LogP contribution in [-0.2, 0) is 9.47 Å². The highest BCUT2D eigenvalue weighted by molar-refractivity contribution is 5.62.